The zero-order valence-corrected chi connectivity index (χ0v) is 10.6. The van der Waals surface area contributed by atoms with Gasteiger partial charge in [-0.3, -0.25) is 0 Å². The molecule has 1 fully saturated rings. The van der Waals surface area contributed by atoms with E-state index in [0.29, 0.717) is 0 Å². The molecule has 0 bridgehead atoms. The highest BCUT2D eigenvalue weighted by atomic mass is 14.9. The molecule has 0 amide bonds. The van der Waals surface area contributed by atoms with Crippen LogP contribution in [0.2, 0.25) is 0 Å². The van der Waals surface area contributed by atoms with Crippen molar-refractivity contribution in [1.82, 2.24) is 9.88 Å². The maximum atomic E-state index is 3.70. The van der Waals surface area contributed by atoms with Crippen molar-refractivity contribution in [2.24, 2.45) is 13.0 Å². The van der Waals surface area contributed by atoms with Gasteiger partial charge in [0.05, 0.1) is 0 Å². The summed E-state index contributed by atoms with van der Waals surface area (Å²) in [6.45, 7) is 3.42. The molecule has 2 heteroatoms. The summed E-state index contributed by atoms with van der Waals surface area (Å²) in [5.74, 6) is 0.934. The molecule has 1 heterocycles. The van der Waals surface area contributed by atoms with Gasteiger partial charge in [-0.15, -0.1) is 0 Å². The standard InChI is InChI=1S/C14H24N2/c1-12-4-3-5-14(7-6-12)15-10-13-8-9-16(2)11-13/h8-9,11-12,14-15H,3-7,10H2,1-2H3. The van der Waals surface area contributed by atoms with Crippen LogP contribution in [0.1, 0.15) is 44.6 Å². The number of rotatable bonds is 3. The van der Waals surface area contributed by atoms with Gasteiger partial charge < -0.3 is 9.88 Å². The number of aromatic nitrogens is 1. The van der Waals surface area contributed by atoms with Crippen LogP contribution in [-0.2, 0) is 13.6 Å². The molecule has 1 aromatic rings. The van der Waals surface area contributed by atoms with Crippen molar-refractivity contribution in [2.45, 2.75) is 51.6 Å². The van der Waals surface area contributed by atoms with Crippen LogP contribution < -0.4 is 5.32 Å². The first-order chi connectivity index (χ1) is 7.74. The number of nitrogens with zero attached hydrogens (tertiary/aromatic N) is 1. The molecule has 0 aromatic carbocycles. The molecule has 0 spiro atoms. The largest absolute Gasteiger partial charge is 0.357 e. The second-order valence-corrected chi connectivity index (χ2v) is 5.38. The minimum atomic E-state index is 0.741. The Morgan fingerprint density at radius 3 is 2.94 bits per heavy atom. The Balaban J connectivity index is 1.77. The Kier molecular flexibility index (Phi) is 4.05. The van der Waals surface area contributed by atoms with Gasteiger partial charge in [0.15, 0.2) is 0 Å². The Bertz CT molecular complexity index is 316. The Hall–Kier alpha value is -0.760. The third-order valence-electron chi connectivity index (χ3n) is 3.75. The molecule has 0 radical (unpaired) electrons. The maximum Gasteiger partial charge on any atom is 0.0223 e. The van der Waals surface area contributed by atoms with Crippen LogP contribution in [0.25, 0.3) is 0 Å². The van der Waals surface area contributed by atoms with E-state index in [-0.39, 0.29) is 0 Å². The quantitative estimate of drug-likeness (QED) is 0.775. The minimum absolute atomic E-state index is 0.741. The molecule has 0 saturated heterocycles. The molecular weight excluding hydrogens is 196 g/mol. The molecule has 1 N–H and O–H groups in total. The Labute approximate surface area is 99.0 Å². The predicted octanol–water partition coefficient (Wildman–Crippen LogP) is 3.08. The normalized spacial score (nSPS) is 26.6. The van der Waals surface area contributed by atoms with E-state index in [1.807, 2.05) is 0 Å². The van der Waals surface area contributed by atoms with Crippen LogP contribution in [0.3, 0.4) is 0 Å². The van der Waals surface area contributed by atoms with E-state index in [9.17, 15) is 0 Å². The van der Waals surface area contributed by atoms with Crippen molar-refractivity contribution in [3.8, 4) is 0 Å². The highest BCUT2D eigenvalue weighted by molar-refractivity contribution is 5.09. The highest BCUT2D eigenvalue weighted by Gasteiger charge is 2.15. The van der Waals surface area contributed by atoms with Gasteiger partial charge in [0.25, 0.3) is 0 Å². The smallest absolute Gasteiger partial charge is 0.0223 e. The number of hydrogen-bond donors (Lipinski definition) is 1. The van der Waals surface area contributed by atoms with Crippen molar-refractivity contribution < 1.29 is 0 Å². The van der Waals surface area contributed by atoms with E-state index in [0.717, 1.165) is 18.5 Å². The van der Waals surface area contributed by atoms with E-state index in [2.05, 4.69) is 42.3 Å². The summed E-state index contributed by atoms with van der Waals surface area (Å²) in [4.78, 5) is 0. The molecule has 2 rings (SSSR count). The maximum absolute atomic E-state index is 3.70. The fraction of sp³-hybridized carbons (Fsp3) is 0.714. The molecule has 0 aliphatic heterocycles. The highest BCUT2D eigenvalue weighted by Crippen LogP contribution is 2.22. The van der Waals surface area contributed by atoms with E-state index in [1.54, 1.807) is 0 Å². The van der Waals surface area contributed by atoms with Gasteiger partial charge in [0, 0.05) is 32.0 Å². The summed E-state index contributed by atoms with van der Waals surface area (Å²) < 4.78 is 2.12. The molecule has 1 aliphatic rings. The second-order valence-electron chi connectivity index (χ2n) is 5.38. The van der Waals surface area contributed by atoms with Crippen LogP contribution in [0.15, 0.2) is 18.5 Å². The monoisotopic (exact) mass is 220 g/mol. The zero-order valence-electron chi connectivity index (χ0n) is 10.6. The van der Waals surface area contributed by atoms with Crippen molar-refractivity contribution >= 4 is 0 Å². The van der Waals surface area contributed by atoms with Gasteiger partial charge in [-0.2, -0.15) is 0 Å². The third kappa shape index (κ3) is 3.38. The molecule has 2 atom stereocenters. The average molecular weight is 220 g/mol. The summed E-state index contributed by atoms with van der Waals surface area (Å²) in [7, 11) is 2.08. The fourth-order valence-electron chi connectivity index (χ4n) is 2.62. The number of aryl methyl sites for hydroxylation is 1. The lowest BCUT2D eigenvalue weighted by molar-refractivity contribution is 0.447. The van der Waals surface area contributed by atoms with Crippen LogP contribution in [-0.4, -0.2) is 10.6 Å². The Morgan fingerprint density at radius 2 is 2.19 bits per heavy atom. The minimum Gasteiger partial charge on any atom is -0.357 e. The summed E-state index contributed by atoms with van der Waals surface area (Å²) in [5, 5.41) is 3.70. The molecule has 2 unspecified atom stereocenters. The Morgan fingerprint density at radius 1 is 1.31 bits per heavy atom. The molecular formula is C14H24N2. The second kappa shape index (κ2) is 5.53. The lowest BCUT2D eigenvalue weighted by atomic mass is 10.0. The van der Waals surface area contributed by atoms with Crippen molar-refractivity contribution in [2.75, 3.05) is 0 Å². The molecule has 1 saturated carbocycles. The summed E-state index contributed by atoms with van der Waals surface area (Å²) >= 11 is 0. The first-order valence-corrected chi connectivity index (χ1v) is 6.58. The van der Waals surface area contributed by atoms with Crippen molar-refractivity contribution in [1.29, 1.82) is 0 Å². The van der Waals surface area contributed by atoms with E-state index in [4.69, 9.17) is 0 Å². The fourth-order valence-corrected chi connectivity index (χ4v) is 2.62. The van der Waals surface area contributed by atoms with Crippen LogP contribution in [0.5, 0.6) is 0 Å². The average Bonchev–Trinajstić information content (AvgIpc) is 2.56. The van der Waals surface area contributed by atoms with Gasteiger partial charge >= 0.3 is 0 Å². The zero-order chi connectivity index (χ0) is 11.4. The predicted molar refractivity (Wildman–Crippen MR) is 68.3 cm³/mol. The van der Waals surface area contributed by atoms with Crippen LogP contribution in [0.4, 0.5) is 0 Å². The van der Waals surface area contributed by atoms with Crippen molar-refractivity contribution in [3.63, 3.8) is 0 Å². The van der Waals surface area contributed by atoms with E-state index < -0.39 is 0 Å². The lowest BCUT2D eigenvalue weighted by Crippen LogP contribution is -2.27. The van der Waals surface area contributed by atoms with Gasteiger partial charge in [0.2, 0.25) is 0 Å². The lowest BCUT2D eigenvalue weighted by Gasteiger charge is -2.15. The van der Waals surface area contributed by atoms with Gasteiger partial charge in [0.1, 0.15) is 0 Å². The van der Waals surface area contributed by atoms with E-state index in [1.165, 1.54) is 37.7 Å². The third-order valence-corrected chi connectivity index (χ3v) is 3.75. The topological polar surface area (TPSA) is 17.0 Å². The van der Waals surface area contributed by atoms with E-state index >= 15 is 0 Å². The number of hydrogen-bond acceptors (Lipinski definition) is 1. The SMILES string of the molecule is CC1CCCC(NCc2ccn(C)c2)CC1. The molecule has 90 valence electrons. The van der Waals surface area contributed by atoms with Gasteiger partial charge in [-0.25, -0.2) is 0 Å². The summed E-state index contributed by atoms with van der Waals surface area (Å²) in [6.07, 6.45) is 11.2. The molecule has 2 nitrogen and oxygen atoms in total. The summed E-state index contributed by atoms with van der Waals surface area (Å²) in [6, 6.07) is 2.94. The molecule has 16 heavy (non-hydrogen) atoms. The molecule has 1 aliphatic carbocycles. The van der Waals surface area contributed by atoms with Gasteiger partial charge in [-0.05, 0) is 36.8 Å². The molecule has 1 aromatic heterocycles. The van der Waals surface area contributed by atoms with Crippen molar-refractivity contribution in [3.05, 3.63) is 24.0 Å². The first kappa shape index (κ1) is 11.7. The summed E-state index contributed by atoms with van der Waals surface area (Å²) in [5.41, 5.74) is 1.40. The van der Waals surface area contributed by atoms with Crippen LogP contribution >= 0.6 is 0 Å². The first-order valence-electron chi connectivity index (χ1n) is 6.58. The van der Waals surface area contributed by atoms with Crippen LogP contribution in [0, 0.1) is 5.92 Å². The number of nitrogens with one attached hydrogen (secondary N) is 1. The van der Waals surface area contributed by atoms with Gasteiger partial charge in [-0.1, -0.05) is 19.8 Å².